The van der Waals surface area contributed by atoms with E-state index in [0.717, 1.165) is 17.2 Å². The summed E-state index contributed by atoms with van der Waals surface area (Å²) >= 11 is 0. The van der Waals surface area contributed by atoms with Crippen LogP contribution in [0, 0.1) is 18.6 Å². The lowest BCUT2D eigenvalue weighted by atomic mass is 10.0. The lowest BCUT2D eigenvalue weighted by Crippen LogP contribution is -2.33. The molecule has 0 saturated carbocycles. The highest BCUT2D eigenvalue weighted by Crippen LogP contribution is 2.17. The van der Waals surface area contributed by atoms with E-state index in [2.05, 4.69) is 10.6 Å². The van der Waals surface area contributed by atoms with Crippen molar-refractivity contribution in [2.45, 2.75) is 32.7 Å². The van der Waals surface area contributed by atoms with Gasteiger partial charge in [0.15, 0.2) is 0 Å². The molecule has 0 bridgehead atoms. The van der Waals surface area contributed by atoms with Crippen LogP contribution in [0.4, 0.5) is 8.78 Å². The fourth-order valence-corrected chi connectivity index (χ4v) is 2.66. The normalized spacial score (nSPS) is 11.7. The molecule has 0 saturated heterocycles. The predicted octanol–water partition coefficient (Wildman–Crippen LogP) is 3.20. The summed E-state index contributed by atoms with van der Waals surface area (Å²) in [4.78, 5) is 23.6. The van der Waals surface area contributed by atoms with Crippen molar-refractivity contribution in [2.75, 3.05) is 6.54 Å². The Hall–Kier alpha value is -2.76. The number of hydrogen-bond donors (Lipinski definition) is 2. The zero-order valence-corrected chi connectivity index (χ0v) is 14.8. The fraction of sp³-hybridized carbons (Fsp3) is 0.300. The molecule has 2 aromatic carbocycles. The van der Waals surface area contributed by atoms with E-state index in [1.807, 2.05) is 31.2 Å². The van der Waals surface area contributed by atoms with E-state index in [4.69, 9.17) is 0 Å². The molecule has 0 fully saturated rings. The highest BCUT2D eigenvalue weighted by molar-refractivity contribution is 5.79. The zero-order chi connectivity index (χ0) is 19.1. The van der Waals surface area contributed by atoms with Gasteiger partial charge in [0.05, 0.1) is 12.5 Å². The van der Waals surface area contributed by atoms with Gasteiger partial charge in [-0.1, -0.05) is 29.8 Å². The molecule has 1 unspecified atom stereocenters. The van der Waals surface area contributed by atoms with Gasteiger partial charge in [0.1, 0.15) is 11.6 Å². The Morgan fingerprint density at radius 1 is 1.04 bits per heavy atom. The summed E-state index contributed by atoms with van der Waals surface area (Å²) in [6.45, 7) is 3.61. The molecule has 2 N–H and O–H groups in total. The summed E-state index contributed by atoms with van der Waals surface area (Å²) < 4.78 is 26.3. The molecule has 2 rings (SSSR count). The van der Waals surface area contributed by atoms with E-state index < -0.39 is 17.7 Å². The van der Waals surface area contributed by atoms with Crippen molar-refractivity contribution in [1.29, 1.82) is 0 Å². The first-order chi connectivity index (χ1) is 12.3. The number of carbonyl (C=O) groups is 2. The first kappa shape index (κ1) is 19.6. The van der Waals surface area contributed by atoms with Crippen LogP contribution >= 0.6 is 0 Å². The second-order valence-electron chi connectivity index (χ2n) is 6.25. The minimum atomic E-state index is -0.642. The monoisotopic (exact) mass is 360 g/mol. The van der Waals surface area contributed by atoms with Crippen LogP contribution in [0.25, 0.3) is 0 Å². The lowest BCUT2D eigenvalue weighted by Gasteiger charge is -2.18. The average Bonchev–Trinajstić information content (AvgIpc) is 2.53. The smallest absolute Gasteiger partial charge is 0.222 e. The molecule has 138 valence electrons. The van der Waals surface area contributed by atoms with Gasteiger partial charge >= 0.3 is 0 Å². The van der Waals surface area contributed by atoms with Crippen LogP contribution in [0.5, 0.6) is 0 Å². The van der Waals surface area contributed by atoms with E-state index in [1.54, 1.807) is 0 Å². The Morgan fingerprint density at radius 3 is 2.23 bits per heavy atom. The Bertz CT molecular complexity index is 756. The minimum absolute atomic E-state index is 0.0835. The third-order valence-corrected chi connectivity index (χ3v) is 3.90. The van der Waals surface area contributed by atoms with Gasteiger partial charge in [-0.25, -0.2) is 8.78 Å². The van der Waals surface area contributed by atoms with Crippen LogP contribution in [0.1, 0.15) is 36.1 Å². The highest BCUT2D eigenvalue weighted by Gasteiger charge is 2.17. The quantitative estimate of drug-likeness (QED) is 0.797. The van der Waals surface area contributed by atoms with Crippen LogP contribution < -0.4 is 10.6 Å². The van der Waals surface area contributed by atoms with Crippen molar-refractivity contribution in [1.82, 2.24) is 10.6 Å². The molecule has 4 nitrogen and oxygen atoms in total. The number of benzene rings is 2. The molecular weight excluding hydrogens is 338 g/mol. The topological polar surface area (TPSA) is 58.2 Å². The summed E-state index contributed by atoms with van der Waals surface area (Å²) in [5.41, 5.74) is 2.40. The zero-order valence-electron chi connectivity index (χ0n) is 14.8. The summed E-state index contributed by atoms with van der Waals surface area (Å²) in [5.74, 6) is -1.76. The third kappa shape index (κ3) is 6.27. The van der Waals surface area contributed by atoms with Crippen LogP contribution in [-0.2, 0) is 16.0 Å². The molecule has 1 atom stereocenters. The second kappa shape index (κ2) is 9.08. The SMILES string of the molecule is CC(=O)NC(CC(=O)NCCc1cc(F)cc(F)c1)c1ccc(C)cc1. The lowest BCUT2D eigenvalue weighted by molar-refractivity contribution is -0.122. The van der Waals surface area contributed by atoms with Crippen molar-refractivity contribution < 1.29 is 18.4 Å². The van der Waals surface area contributed by atoms with Crippen molar-refractivity contribution in [2.24, 2.45) is 0 Å². The molecule has 6 heteroatoms. The van der Waals surface area contributed by atoms with Gasteiger partial charge in [0, 0.05) is 19.5 Å². The number of aryl methyl sites for hydroxylation is 1. The summed E-state index contributed by atoms with van der Waals surface area (Å²) in [6.07, 6.45) is 0.399. The molecule has 0 spiro atoms. The number of hydrogen-bond acceptors (Lipinski definition) is 2. The Kier molecular flexibility index (Phi) is 6.83. The van der Waals surface area contributed by atoms with Gasteiger partial charge in [-0.15, -0.1) is 0 Å². The van der Waals surface area contributed by atoms with Crippen LogP contribution in [-0.4, -0.2) is 18.4 Å². The molecule has 0 aromatic heterocycles. The molecule has 0 aliphatic heterocycles. The van der Waals surface area contributed by atoms with Gasteiger partial charge < -0.3 is 10.6 Å². The van der Waals surface area contributed by atoms with Crippen molar-refractivity contribution in [3.63, 3.8) is 0 Å². The van der Waals surface area contributed by atoms with Crippen LogP contribution in [0.15, 0.2) is 42.5 Å². The molecular formula is C20H22F2N2O2. The maximum Gasteiger partial charge on any atom is 0.222 e. The number of carbonyl (C=O) groups excluding carboxylic acids is 2. The van der Waals surface area contributed by atoms with Crippen LogP contribution in [0.2, 0.25) is 0 Å². The molecule has 0 radical (unpaired) electrons. The number of nitrogens with one attached hydrogen (secondary N) is 2. The number of halogens is 2. The third-order valence-electron chi connectivity index (χ3n) is 3.90. The van der Waals surface area contributed by atoms with E-state index in [-0.39, 0.29) is 24.8 Å². The van der Waals surface area contributed by atoms with E-state index in [9.17, 15) is 18.4 Å². The first-order valence-corrected chi connectivity index (χ1v) is 8.39. The van der Waals surface area contributed by atoms with Crippen molar-refractivity contribution >= 4 is 11.8 Å². The highest BCUT2D eigenvalue weighted by atomic mass is 19.1. The average molecular weight is 360 g/mol. The fourth-order valence-electron chi connectivity index (χ4n) is 2.66. The Balaban J connectivity index is 1.92. The van der Waals surface area contributed by atoms with Gasteiger partial charge in [-0.3, -0.25) is 9.59 Å². The summed E-state index contributed by atoms with van der Waals surface area (Å²) in [5, 5.41) is 5.49. The Morgan fingerprint density at radius 2 is 1.65 bits per heavy atom. The van der Waals surface area contributed by atoms with E-state index in [1.165, 1.54) is 19.1 Å². The number of amides is 2. The van der Waals surface area contributed by atoms with Gasteiger partial charge in [-0.05, 0) is 36.6 Å². The summed E-state index contributed by atoms with van der Waals surface area (Å²) in [6, 6.07) is 10.4. The van der Waals surface area contributed by atoms with Gasteiger partial charge in [0.25, 0.3) is 0 Å². The van der Waals surface area contributed by atoms with Crippen LogP contribution in [0.3, 0.4) is 0 Å². The number of rotatable bonds is 7. The maximum atomic E-state index is 13.2. The predicted molar refractivity (Wildman–Crippen MR) is 95.4 cm³/mol. The Labute approximate surface area is 151 Å². The summed E-state index contributed by atoms with van der Waals surface area (Å²) in [7, 11) is 0. The van der Waals surface area contributed by atoms with E-state index in [0.29, 0.717) is 12.0 Å². The van der Waals surface area contributed by atoms with Crippen molar-refractivity contribution in [3.05, 3.63) is 70.8 Å². The largest absolute Gasteiger partial charge is 0.356 e. The van der Waals surface area contributed by atoms with Gasteiger partial charge in [0.2, 0.25) is 11.8 Å². The standard InChI is InChI=1S/C20H22F2N2O2/c1-13-3-5-16(6-4-13)19(24-14(2)25)12-20(26)23-8-7-15-9-17(21)11-18(22)10-15/h3-6,9-11,19H,7-8,12H2,1-2H3,(H,23,26)(H,24,25). The molecule has 2 aromatic rings. The molecule has 0 heterocycles. The first-order valence-electron chi connectivity index (χ1n) is 8.39. The molecule has 0 aliphatic rings. The molecule has 0 aliphatic carbocycles. The second-order valence-corrected chi connectivity index (χ2v) is 6.25. The van der Waals surface area contributed by atoms with E-state index >= 15 is 0 Å². The minimum Gasteiger partial charge on any atom is -0.356 e. The van der Waals surface area contributed by atoms with Gasteiger partial charge in [-0.2, -0.15) is 0 Å². The van der Waals surface area contributed by atoms with Crippen molar-refractivity contribution in [3.8, 4) is 0 Å². The maximum absolute atomic E-state index is 13.2. The molecule has 26 heavy (non-hydrogen) atoms. The molecule has 2 amide bonds.